The highest BCUT2D eigenvalue weighted by atomic mass is 16.6. The average Bonchev–Trinajstić information content (AvgIpc) is 2.34. The third-order valence-corrected chi connectivity index (χ3v) is 1.76. The third-order valence-electron chi connectivity index (χ3n) is 1.76. The molecule has 0 aromatic rings. The molecule has 0 bridgehead atoms. The van der Waals surface area contributed by atoms with E-state index in [2.05, 4.69) is 0 Å². The number of carbonyl (C=O) groups is 2. The predicted molar refractivity (Wildman–Crippen MR) is 41.4 cm³/mol. The zero-order valence-corrected chi connectivity index (χ0v) is 7.10. The fourth-order valence-electron chi connectivity index (χ4n) is 1.18. The van der Waals surface area contributed by atoms with Crippen molar-refractivity contribution in [3.63, 3.8) is 0 Å². The molecule has 1 unspecified atom stereocenters. The lowest BCUT2D eigenvalue weighted by Crippen LogP contribution is -2.31. The number of nitrogens with zero attached hydrogens (tertiary/aromatic N) is 1. The number of hydrogen-bond acceptors (Lipinski definition) is 5. The van der Waals surface area contributed by atoms with Gasteiger partial charge in [0.15, 0.2) is 6.23 Å². The van der Waals surface area contributed by atoms with Gasteiger partial charge in [0.2, 0.25) is 5.91 Å². The number of primary amides is 1. The predicted octanol–water partition coefficient (Wildman–Crippen LogP) is -0.784. The van der Waals surface area contributed by atoms with E-state index in [1.54, 1.807) is 0 Å². The molecule has 0 saturated carbocycles. The number of amides is 1. The molecule has 13 heavy (non-hydrogen) atoms. The van der Waals surface area contributed by atoms with Gasteiger partial charge in [-0.15, -0.1) is 0 Å². The number of rotatable bonds is 3. The van der Waals surface area contributed by atoms with Crippen LogP contribution in [0.3, 0.4) is 0 Å². The lowest BCUT2D eigenvalue weighted by atomic mass is 10.3. The number of hydrogen-bond donors (Lipinski definition) is 2. The molecular formula is C7H12N2O4. The molecule has 0 radical (unpaired) electrons. The Morgan fingerprint density at radius 2 is 2.31 bits per heavy atom. The first-order chi connectivity index (χ1) is 6.09. The quantitative estimate of drug-likeness (QED) is 0.447. The van der Waals surface area contributed by atoms with Crippen molar-refractivity contribution >= 4 is 11.9 Å². The fraction of sp³-hybridized carbons (Fsp3) is 0.714. The van der Waals surface area contributed by atoms with E-state index in [9.17, 15) is 9.59 Å². The number of nitrogens with two attached hydrogens (primary N) is 1. The van der Waals surface area contributed by atoms with Crippen LogP contribution in [-0.2, 0) is 14.3 Å². The van der Waals surface area contributed by atoms with E-state index in [1.807, 2.05) is 0 Å². The summed E-state index contributed by atoms with van der Waals surface area (Å²) in [5.41, 5.74) is 4.79. The number of ether oxygens (including phenoxy) is 1. The van der Waals surface area contributed by atoms with E-state index in [1.165, 1.54) is 0 Å². The molecule has 1 amide bonds. The molecule has 6 heteroatoms. The summed E-state index contributed by atoms with van der Waals surface area (Å²) in [6.45, 7) is 0.481. The molecule has 1 aliphatic heterocycles. The molecule has 74 valence electrons. The van der Waals surface area contributed by atoms with Gasteiger partial charge in [0.1, 0.15) is 6.42 Å². The van der Waals surface area contributed by atoms with Gasteiger partial charge in [-0.2, -0.15) is 5.06 Å². The Hall–Kier alpha value is -1.14. The maximum absolute atomic E-state index is 10.9. The summed E-state index contributed by atoms with van der Waals surface area (Å²) in [6.07, 6.45) is 0.294. The lowest BCUT2D eigenvalue weighted by molar-refractivity contribution is -0.200. The van der Waals surface area contributed by atoms with E-state index in [0.29, 0.717) is 13.0 Å². The normalized spacial score (nSPS) is 23.0. The minimum Gasteiger partial charge on any atom is -0.444 e. The van der Waals surface area contributed by atoms with Crippen molar-refractivity contribution in [1.29, 1.82) is 0 Å². The second kappa shape index (κ2) is 4.20. The smallest absolute Gasteiger partial charge is 0.316 e. The zero-order chi connectivity index (χ0) is 9.84. The van der Waals surface area contributed by atoms with Crippen LogP contribution in [-0.4, -0.2) is 34.9 Å². The van der Waals surface area contributed by atoms with Crippen molar-refractivity contribution in [3.8, 4) is 0 Å². The summed E-state index contributed by atoms with van der Waals surface area (Å²) < 4.78 is 4.77. The third kappa shape index (κ3) is 3.00. The first-order valence-corrected chi connectivity index (χ1v) is 4.03. The van der Waals surface area contributed by atoms with Crippen LogP contribution in [0.15, 0.2) is 0 Å². The molecule has 1 aliphatic rings. The second-order valence-electron chi connectivity index (χ2n) is 2.89. The Labute approximate surface area is 75.2 Å². The highest BCUT2D eigenvalue weighted by Gasteiger charge is 2.26. The molecule has 1 atom stereocenters. The highest BCUT2D eigenvalue weighted by molar-refractivity contribution is 5.93. The number of hydroxylamine groups is 2. The minimum atomic E-state index is -0.729. The Balaban J connectivity index is 2.31. The van der Waals surface area contributed by atoms with Crippen molar-refractivity contribution < 1.29 is 19.5 Å². The van der Waals surface area contributed by atoms with Crippen LogP contribution >= 0.6 is 0 Å². The van der Waals surface area contributed by atoms with Gasteiger partial charge < -0.3 is 15.7 Å². The van der Waals surface area contributed by atoms with E-state index in [4.69, 9.17) is 15.7 Å². The van der Waals surface area contributed by atoms with Gasteiger partial charge in [0.05, 0.1) is 0 Å². The van der Waals surface area contributed by atoms with Crippen LogP contribution in [0.25, 0.3) is 0 Å². The first-order valence-electron chi connectivity index (χ1n) is 4.03. The minimum absolute atomic E-state index is 0.440. The maximum atomic E-state index is 10.9. The molecule has 1 fully saturated rings. The molecule has 0 aromatic heterocycles. The molecule has 1 saturated heterocycles. The largest absolute Gasteiger partial charge is 0.444 e. The Kier molecular flexibility index (Phi) is 3.21. The molecule has 0 aromatic carbocycles. The molecular weight excluding hydrogens is 176 g/mol. The summed E-state index contributed by atoms with van der Waals surface area (Å²) in [5, 5.41) is 10.1. The van der Waals surface area contributed by atoms with Gasteiger partial charge in [-0.25, -0.2) is 0 Å². The zero-order valence-electron chi connectivity index (χ0n) is 7.10. The van der Waals surface area contributed by atoms with Gasteiger partial charge >= 0.3 is 5.97 Å². The van der Waals surface area contributed by atoms with Crippen LogP contribution in [0.5, 0.6) is 0 Å². The topological polar surface area (TPSA) is 92.9 Å². The Morgan fingerprint density at radius 1 is 1.62 bits per heavy atom. The van der Waals surface area contributed by atoms with Gasteiger partial charge in [-0.1, -0.05) is 0 Å². The number of esters is 1. The van der Waals surface area contributed by atoms with Gasteiger partial charge in [0.25, 0.3) is 0 Å². The Bertz CT molecular complexity index is 219. The van der Waals surface area contributed by atoms with Crippen molar-refractivity contribution in [3.05, 3.63) is 0 Å². The summed E-state index contributed by atoms with van der Waals surface area (Å²) in [4.78, 5) is 21.2. The van der Waals surface area contributed by atoms with Crippen LogP contribution < -0.4 is 5.73 Å². The molecule has 0 spiro atoms. The summed E-state index contributed by atoms with van der Waals surface area (Å²) >= 11 is 0. The van der Waals surface area contributed by atoms with Crippen molar-refractivity contribution in [2.24, 2.45) is 5.73 Å². The fourth-order valence-corrected chi connectivity index (χ4v) is 1.18. The van der Waals surface area contributed by atoms with E-state index in [0.717, 1.165) is 11.5 Å². The van der Waals surface area contributed by atoms with Gasteiger partial charge in [0, 0.05) is 13.0 Å². The van der Waals surface area contributed by atoms with Crippen molar-refractivity contribution in [1.82, 2.24) is 5.06 Å². The lowest BCUT2D eigenvalue weighted by Gasteiger charge is -2.17. The van der Waals surface area contributed by atoms with Crippen LogP contribution in [0.1, 0.15) is 19.3 Å². The first kappa shape index (κ1) is 9.94. The van der Waals surface area contributed by atoms with E-state index < -0.39 is 24.5 Å². The molecule has 1 heterocycles. The Morgan fingerprint density at radius 3 is 2.77 bits per heavy atom. The highest BCUT2D eigenvalue weighted by Crippen LogP contribution is 2.15. The standard InChI is InChI=1S/C7H12N2O4/c8-5(10)4-7(11)13-6-2-1-3-9(6)12/h6,12H,1-4H2,(H2,8,10). The summed E-state index contributed by atoms with van der Waals surface area (Å²) in [5.74, 6) is -1.43. The van der Waals surface area contributed by atoms with E-state index >= 15 is 0 Å². The van der Waals surface area contributed by atoms with Crippen LogP contribution in [0.4, 0.5) is 0 Å². The monoisotopic (exact) mass is 188 g/mol. The van der Waals surface area contributed by atoms with Gasteiger partial charge in [-0.05, 0) is 6.42 Å². The van der Waals surface area contributed by atoms with Crippen molar-refractivity contribution in [2.75, 3.05) is 6.54 Å². The summed E-state index contributed by atoms with van der Waals surface area (Å²) in [6, 6.07) is 0. The molecule has 0 aliphatic carbocycles. The van der Waals surface area contributed by atoms with Gasteiger partial charge in [-0.3, -0.25) is 9.59 Å². The van der Waals surface area contributed by atoms with Crippen LogP contribution in [0, 0.1) is 0 Å². The summed E-state index contributed by atoms with van der Waals surface area (Å²) in [7, 11) is 0. The average molecular weight is 188 g/mol. The maximum Gasteiger partial charge on any atom is 0.316 e. The molecule has 1 rings (SSSR count). The van der Waals surface area contributed by atoms with E-state index in [-0.39, 0.29) is 0 Å². The van der Waals surface area contributed by atoms with Crippen LogP contribution in [0.2, 0.25) is 0 Å². The molecule has 6 nitrogen and oxygen atoms in total. The number of carbonyl (C=O) groups excluding carboxylic acids is 2. The van der Waals surface area contributed by atoms with Crippen molar-refractivity contribution in [2.45, 2.75) is 25.5 Å². The second-order valence-corrected chi connectivity index (χ2v) is 2.89. The molecule has 3 N–H and O–H groups in total. The SMILES string of the molecule is NC(=O)CC(=O)OC1CCCN1O.